The van der Waals surface area contributed by atoms with Crippen molar-refractivity contribution in [1.82, 2.24) is 15.1 Å². The number of nitrogens with zero attached hydrogens (tertiary/aromatic N) is 2. The molecule has 9 nitrogen and oxygen atoms in total. The number of nitrogens with one attached hydrogen (secondary N) is 2. The maximum atomic E-state index is 13.4. The van der Waals surface area contributed by atoms with Gasteiger partial charge in [0.15, 0.2) is 5.78 Å². The maximum absolute atomic E-state index is 13.4. The average molecular weight is 507 g/mol. The highest BCUT2D eigenvalue weighted by molar-refractivity contribution is 5.98. The molecule has 0 bridgehead atoms. The van der Waals surface area contributed by atoms with E-state index in [1.54, 1.807) is 28.0 Å². The second kappa shape index (κ2) is 12.4. The number of ether oxygens (including phenoxy) is 1. The molecule has 2 heterocycles. The third-order valence-corrected chi connectivity index (χ3v) is 6.85. The molecule has 0 saturated carbocycles. The fraction of sp³-hybridized carbons (Fsp3) is 0.429. The minimum Gasteiger partial charge on any atom is -0.447 e. The van der Waals surface area contributed by atoms with Crippen molar-refractivity contribution in [3.05, 3.63) is 65.7 Å². The Morgan fingerprint density at radius 3 is 2.30 bits per heavy atom. The molecule has 2 N–H and O–H groups in total. The Morgan fingerprint density at radius 1 is 0.919 bits per heavy atom. The van der Waals surface area contributed by atoms with Crippen LogP contribution in [0.1, 0.15) is 41.6 Å². The van der Waals surface area contributed by atoms with E-state index in [-0.39, 0.29) is 24.2 Å². The van der Waals surface area contributed by atoms with Crippen molar-refractivity contribution in [3.63, 3.8) is 0 Å². The summed E-state index contributed by atoms with van der Waals surface area (Å²) in [6.45, 7) is 3.68. The molecule has 2 aliphatic rings. The van der Waals surface area contributed by atoms with Gasteiger partial charge in [-0.25, -0.2) is 9.59 Å². The Hall–Kier alpha value is -3.88. The van der Waals surface area contributed by atoms with Gasteiger partial charge in [-0.3, -0.25) is 9.59 Å². The number of Topliss-reactive ketones (excluding diaryl/α,β-unsaturated/α-hetero) is 1. The SMILES string of the molecule is Cc1cccc(NC(=O)N[C@H](COC(=O)N2CCCC2)C(=O)N2CCC(C(=O)c3ccccc3)CC2)c1. The minimum absolute atomic E-state index is 0.0828. The van der Waals surface area contributed by atoms with Crippen LogP contribution in [-0.4, -0.2) is 72.4 Å². The van der Waals surface area contributed by atoms with Gasteiger partial charge < -0.3 is 25.2 Å². The summed E-state index contributed by atoms with van der Waals surface area (Å²) < 4.78 is 5.43. The maximum Gasteiger partial charge on any atom is 0.409 e. The standard InChI is InChI=1S/C28H34N4O5/c1-20-8-7-11-23(18-20)29-27(35)30-24(19-37-28(36)32-14-5-6-15-32)26(34)31-16-12-22(13-17-31)25(33)21-9-3-2-4-10-21/h2-4,7-11,18,22,24H,5-6,12-17,19H2,1H3,(H2,29,30,35)/t24-/m1/s1. The van der Waals surface area contributed by atoms with E-state index in [1.165, 1.54) is 0 Å². The van der Waals surface area contributed by atoms with E-state index in [4.69, 9.17) is 4.74 Å². The molecule has 0 radical (unpaired) electrons. The fourth-order valence-electron chi connectivity index (χ4n) is 4.79. The van der Waals surface area contributed by atoms with Gasteiger partial charge in [0, 0.05) is 43.3 Å². The number of hydrogen-bond acceptors (Lipinski definition) is 5. The highest BCUT2D eigenvalue weighted by atomic mass is 16.6. The Balaban J connectivity index is 1.37. The zero-order chi connectivity index (χ0) is 26.2. The number of benzene rings is 2. The summed E-state index contributed by atoms with van der Waals surface area (Å²) >= 11 is 0. The van der Waals surface area contributed by atoms with E-state index >= 15 is 0 Å². The van der Waals surface area contributed by atoms with Gasteiger partial charge in [0.05, 0.1) is 0 Å². The average Bonchev–Trinajstić information content (AvgIpc) is 3.46. The van der Waals surface area contributed by atoms with Crippen LogP contribution in [0.4, 0.5) is 15.3 Å². The van der Waals surface area contributed by atoms with Gasteiger partial charge >= 0.3 is 12.1 Å². The van der Waals surface area contributed by atoms with E-state index < -0.39 is 18.2 Å². The third-order valence-electron chi connectivity index (χ3n) is 6.85. The molecule has 2 fully saturated rings. The van der Waals surface area contributed by atoms with Gasteiger partial charge in [0.1, 0.15) is 12.6 Å². The predicted molar refractivity (Wildman–Crippen MR) is 139 cm³/mol. The lowest BCUT2D eigenvalue weighted by Crippen LogP contribution is -2.54. The third kappa shape index (κ3) is 7.09. The summed E-state index contributed by atoms with van der Waals surface area (Å²) in [6, 6.07) is 14.9. The van der Waals surface area contributed by atoms with Crippen LogP contribution >= 0.6 is 0 Å². The Bertz CT molecular complexity index is 1110. The van der Waals surface area contributed by atoms with Crippen molar-refractivity contribution in [2.75, 3.05) is 38.1 Å². The second-order valence-electron chi connectivity index (χ2n) is 9.62. The molecule has 4 amide bonds. The summed E-state index contributed by atoms with van der Waals surface area (Å²) in [6.07, 6.45) is 2.43. The van der Waals surface area contributed by atoms with Crippen LogP contribution in [0.15, 0.2) is 54.6 Å². The number of likely N-dealkylation sites (tertiary alicyclic amines) is 2. The number of anilines is 1. The van der Waals surface area contributed by atoms with Crippen LogP contribution in [0.2, 0.25) is 0 Å². The van der Waals surface area contributed by atoms with Crippen LogP contribution in [-0.2, 0) is 9.53 Å². The molecule has 2 aliphatic heterocycles. The number of piperidine rings is 1. The van der Waals surface area contributed by atoms with Gasteiger partial charge in [-0.1, -0.05) is 42.5 Å². The van der Waals surface area contributed by atoms with E-state index in [2.05, 4.69) is 10.6 Å². The van der Waals surface area contributed by atoms with E-state index in [0.29, 0.717) is 50.3 Å². The first-order chi connectivity index (χ1) is 17.9. The van der Waals surface area contributed by atoms with Crippen LogP contribution in [0.3, 0.4) is 0 Å². The molecule has 4 rings (SSSR count). The smallest absolute Gasteiger partial charge is 0.409 e. The molecule has 0 spiro atoms. The number of rotatable bonds is 7. The van der Waals surface area contributed by atoms with Crippen molar-refractivity contribution in [2.24, 2.45) is 5.92 Å². The first-order valence-corrected chi connectivity index (χ1v) is 12.8. The molecule has 0 aromatic heterocycles. The van der Waals surface area contributed by atoms with Gasteiger partial charge in [-0.2, -0.15) is 0 Å². The van der Waals surface area contributed by atoms with E-state index in [1.807, 2.05) is 43.3 Å². The molecule has 2 saturated heterocycles. The zero-order valence-corrected chi connectivity index (χ0v) is 21.2. The molecule has 9 heteroatoms. The molecule has 0 aliphatic carbocycles. The lowest BCUT2D eigenvalue weighted by atomic mass is 9.88. The van der Waals surface area contributed by atoms with Crippen LogP contribution < -0.4 is 10.6 Å². The first kappa shape index (κ1) is 26.2. The molecule has 2 aromatic carbocycles. The summed E-state index contributed by atoms with van der Waals surface area (Å²) in [7, 11) is 0. The van der Waals surface area contributed by atoms with Gasteiger partial charge in [-0.15, -0.1) is 0 Å². The number of ketones is 1. The Labute approximate surface area is 217 Å². The summed E-state index contributed by atoms with van der Waals surface area (Å²) in [5, 5.41) is 5.42. The lowest BCUT2D eigenvalue weighted by Gasteiger charge is -2.34. The van der Waals surface area contributed by atoms with E-state index in [0.717, 1.165) is 18.4 Å². The van der Waals surface area contributed by atoms with Gasteiger partial charge in [-0.05, 0) is 50.3 Å². The fourth-order valence-corrected chi connectivity index (χ4v) is 4.79. The minimum atomic E-state index is -1.04. The van der Waals surface area contributed by atoms with Crippen molar-refractivity contribution >= 4 is 29.5 Å². The number of carbonyl (C=O) groups is 4. The number of urea groups is 1. The largest absolute Gasteiger partial charge is 0.447 e. The topological polar surface area (TPSA) is 108 Å². The Kier molecular flexibility index (Phi) is 8.77. The van der Waals surface area contributed by atoms with Crippen LogP contribution in [0.5, 0.6) is 0 Å². The quantitative estimate of drug-likeness (QED) is 0.555. The molecule has 196 valence electrons. The van der Waals surface area contributed by atoms with Crippen molar-refractivity contribution < 1.29 is 23.9 Å². The van der Waals surface area contributed by atoms with Crippen LogP contribution in [0, 0.1) is 12.8 Å². The number of carbonyl (C=O) groups excluding carboxylic acids is 4. The number of hydrogen-bond donors (Lipinski definition) is 2. The lowest BCUT2D eigenvalue weighted by molar-refractivity contribution is -0.135. The van der Waals surface area contributed by atoms with Gasteiger partial charge in [0.25, 0.3) is 0 Å². The van der Waals surface area contributed by atoms with Crippen molar-refractivity contribution in [2.45, 2.75) is 38.6 Å². The molecular weight excluding hydrogens is 472 g/mol. The highest BCUT2D eigenvalue weighted by Crippen LogP contribution is 2.22. The highest BCUT2D eigenvalue weighted by Gasteiger charge is 2.33. The normalized spacial score (nSPS) is 16.7. The summed E-state index contributed by atoms with van der Waals surface area (Å²) in [4.78, 5) is 54.6. The predicted octanol–water partition coefficient (Wildman–Crippen LogP) is 3.84. The Morgan fingerprint density at radius 2 is 1.62 bits per heavy atom. The molecule has 0 unspecified atom stereocenters. The zero-order valence-electron chi connectivity index (χ0n) is 21.2. The molecule has 1 atom stereocenters. The molecular formula is C28H34N4O5. The van der Waals surface area contributed by atoms with Crippen molar-refractivity contribution in [3.8, 4) is 0 Å². The number of aryl methyl sites for hydroxylation is 1. The molecule has 2 aromatic rings. The van der Waals surface area contributed by atoms with E-state index in [9.17, 15) is 19.2 Å². The first-order valence-electron chi connectivity index (χ1n) is 12.8. The number of amides is 4. The summed E-state index contributed by atoms with van der Waals surface area (Å²) in [5.41, 5.74) is 2.25. The molecule has 37 heavy (non-hydrogen) atoms. The van der Waals surface area contributed by atoms with Crippen LogP contribution in [0.25, 0.3) is 0 Å². The second-order valence-corrected chi connectivity index (χ2v) is 9.62. The summed E-state index contributed by atoms with van der Waals surface area (Å²) in [5.74, 6) is -0.408. The monoisotopic (exact) mass is 506 g/mol. The van der Waals surface area contributed by atoms with Crippen molar-refractivity contribution in [1.29, 1.82) is 0 Å². The van der Waals surface area contributed by atoms with Gasteiger partial charge in [0.2, 0.25) is 5.91 Å².